The first kappa shape index (κ1) is 23.5. The quantitative estimate of drug-likeness (QED) is 0.164. The molecule has 0 aliphatic rings. The van der Waals surface area contributed by atoms with Crippen molar-refractivity contribution in [2.24, 2.45) is 10.8 Å². The van der Waals surface area contributed by atoms with Crippen LogP contribution in [0.5, 0.6) is 0 Å². The normalized spacial score (nSPS) is 10.4. The number of primary amides is 1. The van der Waals surface area contributed by atoms with Crippen molar-refractivity contribution in [1.82, 2.24) is 4.98 Å². The summed E-state index contributed by atoms with van der Waals surface area (Å²) in [6, 6.07) is 12.7. The van der Waals surface area contributed by atoms with Gasteiger partial charge >= 0.3 is 0 Å². The van der Waals surface area contributed by atoms with Crippen LogP contribution in [0.25, 0.3) is 10.4 Å². The van der Waals surface area contributed by atoms with Gasteiger partial charge in [0, 0.05) is 53.3 Å². The van der Waals surface area contributed by atoms with Crippen molar-refractivity contribution in [3.63, 3.8) is 0 Å². The lowest BCUT2D eigenvalue weighted by atomic mass is 10.1. The Morgan fingerprint density at radius 3 is 2.48 bits per heavy atom. The Kier molecular flexibility index (Phi) is 8.15. The number of rotatable bonds is 11. The third-order valence-corrected chi connectivity index (χ3v) is 4.77. The molecule has 0 spiro atoms. The molecule has 4 N–H and O–H groups in total. The monoisotopic (exact) mass is 451 g/mol. The van der Waals surface area contributed by atoms with Crippen LogP contribution in [0.1, 0.15) is 23.1 Å². The summed E-state index contributed by atoms with van der Waals surface area (Å²) in [5.74, 6) is -1.33. The molecule has 0 saturated heterocycles. The Balaban J connectivity index is 1.72. The highest BCUT2D eigenvalue weighted by Gasteiger charge is 2.10. The number of azide groups is 1. The van der Waals surface area contributed by atoms with Crippen LogP contribution in [0.2, 0.25) is 0 Å². The summed E-state index contributed by atoms with van der Waals surface area (Å²) in [5.41, 5.74) is 17.1. The van der Waals surface area contributed by atoms with Gasteiger partial charge in [0.1, 0.15) is 17.5 Å². The van der Waals surface area contributed by atoms with Crippen LogP contribution in [-0.4, -0.2) is 17.4 Å². The van der Waals surface area contributed by atoms with Crippen LogP contribution in [0, 0.1) is 11.6 Å². The highest BCUT2D eigenvalue weighted by Crippen LogP contribution is 2.23. The van der Waals surface area contributed by atoms with E-state index in [1.807, 2.05) is 24.3 Å². The van der Waals surface area contributed by atoms with E-state index in [1.54, 1.807) is 6.07 Å². The van der Waals surface area contributed by atoms with Crippen molar-refractivity contribution in [1.29, 1.82) is 0 Å². The third-order valence-electron chi connectivity index (χ3n) is 4.77. The number of anilines is 3. The van der Waals surface area contributed by atoms with E-state index in [0.717, 1.165) is 30.2 Å². The van der Waals surface area contributed by atoms with E-state index in [1.165, 1.54) is 18.3 Å². The number of nitrogens with two attached hydrogens (primary N) is 1. The highest BCUT2D eigenvalue weighted by molar-refractivity contribution is 5.79. The molecule has 33 heavy (non-hydrogen) atoms. The van der Waals surface area contributed by atoms with E-state index in [0.29, 0.717) is 29.2 Å². The lowest BCUT2D eigenvalue weighted by Gasteiger charge is -2.14. The molecule has 0 aliphatic carbocycles. The van der Waals surface area contributed by atoms with Gasteiger partial charge in [-0.1, -0.05) is 17.2 Å². The number of hydrogen-bond acceptors (Lipinski definition) is 5. The largest absolute Gasteiger partial charge is 0.381 e. The molecule has 8 nitrogen and oxygen atoms in total. The molecular formula is C23H23F2N7O. The van der Waals surface area contributed by atoms with Gasteiger partial charge in [0.2, 0.25) is 5.91 Å². The molecule has 170 valence electrons. The number of nitrogens with zero attached hydrogens (tertiary/aromatic N) is 4. The van der Waals surface area contributed by atoms with Crippen molar-refractivity contribution >= 4 is 23.1 Å². The minimum absolute atomic E-state index is 0.0301. The predicted molar refractivity (Wildman–Crippen MR) is 123 cm³/mol. The van der Waals surface area contributed by atoms with E-state index in [9.17, 15) is 13.6 Å². The Bertz CT molecular complexity index is 1140. The number of aromatic nitrogens is 1. The van der Waals surface area contributed by atoms with Gasteiger partial charge in [-0.3, -0.25) is 4.79 Å². The summed E-state index contributed by atoms with van der Waals surface area (Å²) >= 11 is 0. The number of nitrogens with one attached hydrogen (secondary N) is 2. The fourth-order valence-electron chi connectivity index (χ4n) is 3.26. The Labute approximate surface area is 189 Å². The summed E-state index contributed by atoms with van der Waals surface area (Å²) in [5, 5.41) is 9.82. The summed E-state index contributed by atoms with van der Waals surface area (Å²) in [7, 11) is 0. The molecule has 0 fully saturated rings. The lowest BCUT2D eigenvalue weighted by molar-refractivity contribution is -0.117. The molecule has 1 amide bonds. The van der Waals surface area contributed by atoms with Crippen LogP contribution >= 0.6 is 0 Å². The number of aryl methyl sites for hydroxylation is 1. The number of benzene rings is 2. The van der Waals surface area contributed by atoms with Crippen LogP contribution in [0.15, 0.2) is 59.8 Å². The van der Waals surface area contributed by atoms with Crippen molar-refractivity contribution in [3.05, 3.63) is 93.5 Å². The van der Waals surface area contributed by atoms with Gasteiger partial charge in [-0.15, -0.1) is 0 Å². The average molecular weight is 451 g/mol. The van der Waals surface area contributed by atoms with Gasteiger partial charge in [0.25, 0.3) is 0 Å². The smallest absolute Gasteiger partial charge is 0.221 e. The van der Waals surface area contributed by atoms with Crippen LogP contribution < -0.4 is 16.4 Å². The van der Waals surface area contributed by atoms with Crippen LogP contribution in [0.4, 0.5) is 26.0 Å². The van der Waals surface area contributed by atoms with E-state index in [4.69, 9.17) is 11.3 Å². The predicted octanol–water partition coefficient (Wildman–Crippen LogP) is 4.99. The Morgan fingerprint density at radius 2 is 1.82 bits per heavy atom. The number of amides is 1. The molecule has 1 aromatic heterocycles. The first-order chi connectivity index (χ1) is 15.9. The van der Waals surface area contributed by atoms with Crippen molar-refractivity contribution in [3.8, 4) is 0 Å². The second kappa shape index (κ2) is 11.4. The van der Waals surface area contributed by atoms with Crippen molar-refractivity contribution in [2.45, 2.75) is 25.8 Å². The molecule has 0 atom stereocenters. The van der Waals surface area contributed by atoms with E-state index in [-0.39, 0.29) is 13.0 Å². The van der Waals surface area contributed by atoms with Gasteiger partial charge in [-0.05, 0) is 53.8 Å². The van der Waals surface area contributed by atoms with Crippen molar-refractivity contribution in [2.75, 3.05) is 17.2 Å². The van der Waals surface area contributed by atoms with Crippen molar-refractivity contribution < 1.29 is 13.6 Å². The molecule has 3 aromatic rings. The maximum atomic E-state index is 13.5. The maximum Gasteiger partial charge on any atom is 0.221 e. The lowest BCUT2D eigenvalue weighted by Crippen LogP contribution is -2.15. The zero-order valence-corrected chi connectivity index (χ0v) is 17.8. The molecule has 3 rings (SSSR count). The Hall–Kier alpha value is -4.17. The molecule has 0 bridgehead atoms. The molecule has 0 saturated carbocycles. The molecule has 0 aliphatic heterocycles. The molecule has 1 heterocycles. The summed E-state index contributed by atoms with van der Waals surface area (Å²) in [4.78, 5) is 18.5. The van der Waals surface area contributed by atoms with Gasteiger partial charge in [-0.2, -0.15) is 0 Å². The van der Waals surface area contributed by atoms with Gasteiger partial charge in [0.15, 0.2) is 0 Å². The van der Waals surface area contributed by atoms with Gasteiger partial charge < -0.3 is 16.4 Å². The zero-order valence-electron chi connectivity index (χ0n) is 17.8. The average Bonchev–Trinajstić information content (AvgIpc) is 2.77. The van der Waals surface area contributed by atoms with Crippen LogP contribution in [-0.2, 0) is 24.2 Å². The molecule has 2 aromatic carbocycles. The second-order valence-corrected chi connectivity index (χ2v) is 7.38. The number of hydrogen-bond donors (Lipinski definition) is 3. The zero-order chi connectivity index (χ0) is 23.6. The molecule has 0 radical (unpaired) electrons. The number of halogens is 2. The molecular weight excluding hydrogens is 428 g/mol. The maximum absolute atomic E-state index is 13.5. The summed E-state index contributed by atoms with van der Waals surface area (Å²) < 4.78 is 27.0. The van der Waals surface area contributed by atoms with E-state index >= 15 is 0 Å². The fourth-order valence-corrected chi connectivity index (χ4v) is 3.26. The topological polar surface area (TPSA) is 129 Å². The van der Waals surface area contributed by atoms with Gasteiger partial charge in [-0.25, -0.2) is 13.8 Å². The summed E-state index contributed by atoms with van der Waals surface area (Å²) in [6.45, 7) is 0.602. The molecule has 10 heteroatoms. The number of pyridine rings is 1. The first-order valence-corrected chi connectivity index (χ1v) is 10.3. The first-order valence-electron chi connectivity index (χ1n) is 10.3. The molecule has 0 unspecified atom stereocenters. The fraction of sp³-hybridized carbons (Fsp3) is 0.217. The minimum atomic E-state index is -0.664. The minimum Gasteiger partial charge on any atom is -0.381 e. The third kappa shape index (κ3) is 7.48. The second-order valence-electron chi connectivity index (χ2n) is 7.38. The highest BCUT2D eigenvalue weighted by atomic mass is 19.1. The van der Waals surface area contributed by atoms with Gasteiger partial charge in [0.05, 0.1) is 6.42 Å². The SMILES string of the molecule is [N-]=[N+]=NCCCc1ccc(Nc2cc(NCc3cc(F)cc(F)c3)c(CC(N)=O)cn2)cc1. The number of carbonyl (C=O) groups excluding carboxylic acids is 1. The summed E-state index contributed by atoms with van der Waals surface area (Å²) in [6.07, 6.45) is 3.07. The van der Waals surface area contributed by atoms with Crippen LogP contribution in [0.3, 0.4) is 0 Å². The van der Waals surface area contributed by atoms with E-state index < -0.39 is 17.5 Å². The Morgan fingerprint density at radius 1 is 1.09 bits per heavy atom. The standard InChI is InChI=1S/C23H23F2N7O/c24-18-8-16(9-19(25)11-18)13-28-21-12-23(29-14-17(21)10-22(26)33)31-20-5-3-15(4-6-20)2-1-7-30-32-27/h3-6,8-9,11-12,14H,1-2,7,10,13H2,(H2,26,33)(H2,28,29,31). The van der Waals surface area contributed by atoms with E-state index in [2.05, 4.69) is 25.6 Å². The number of carbonyl (C=O) groups is 1.